The number of para-hydroxylation sites is 1. The van der Waals surface area contributed by atoms with E-state index in [0.29, 0.717) is 5.69 Å². The maximum atomic E-state index is 12.9. The lowest BCUT2D eigenvalue weighted by Gasteiger charge is -2.19. The summed E-state index contributed by atoms with van der Waals surface area (Å²) in [5, 5.41) is 10.8. The maximum Gasteiger partial charge on any atom is 0.338 e. The summed E-state index contributed by atoms with van der Waals surface area (Å²) in [7, 11) is -2.54. The second-order valence-electron chi connectivity index (χ2n) is 6.64. The van der Waals surface area contributed by atoms with Gasteiger partial charge in [0, 0.05) is 24.7 Å². The molecule has 0 aliphatic carbocycles. The first kappa shape index (κ1) is 22.6. The number of Topliss-reactive ketones (excluding diaryl/α,β-unsaturated/α-hetero) is 1. The summed E-state index contributed by atoms with van der Waals surface area (Å²) in [6, 6.07) is 18.7. The van der Waals surface area contributed by atoms with Crippen LogP contribution >= 0.6 is 0 Å². The van der Waals surface area contributed by atoms with E-state index in [0.717, 1.165) is 16.4 Å². The molecule has 3 aromatic rings. The number of anilines is 1. The lowest BCUT2D eigenvalue weighted by atomic mass is 10.1. The van der Waals surface area contributed by atoms with E-state index < -0.39 is 33.3 Å². The quantitative estimate of drug-likeness (QED) is 0.221. The molecule has 0 saturated carbocycles. The van der Waals surface area contributed by atoms with Crippen molar-refractivity contribution in [3.05, 3.63) is 100 Å². The van der Waals surface area contributed by atoms with Gasteiger partial charge in [-0.3, -0.25) is 19.2 Å². The second kappa shape index (κ2) is 9.40. The Labute approximate surface area is 184 Å². The van der Waals surface area contributed by atoms with Crippen LogP contribution in [0.4, 0.5) is 11.4 Å². The van der Waals surface area contributed by atoms with E-state index in [1.165, 1.54) is 43.4 Å². The monoisotopic (exact) mass is 454 g/mol. The highest BCUT2D eigenvalue weighted by Gasteiger charge is 2.23. The number of hydrogen-bond donors (Lipinski definition) is 0. The van der Waals surface area contributed by atoms with Gasteiger partial charge in [-0.2, -0.15) is 0 Å². The number of rotatable bonds is 8. The highest BCUT2D eigenvalue weighted by Crippen LogP contribution is 2.22. The summed E-state index contributed by atoms with van der Waals surface area (Å²) in [5.74, 6) is -1.53. The molecular formula is C22H18N2O7S. The van der Waals surface area contributed by atoms with E-state index in [1.807, 2.05) is 0 Å². The molecule has 0 N–H and O–H groups in total. The van der Waals surface area contributed by atoms with E-state index in [1.54, 1.807) is 30.3 Å². The molecule has 0 fully saturated rings. The second-order valence-corrected chi connectivity index (χ2v) is 8.61. The van der Waals surface area contributed by atoms with Gasteiger partial charge < -0.3 is 4.74 Å². The third kappa shape index (κ3) is 4.98. The Morgan fingerprint density at radius 3 is 2.28 bits per heavy atom. The largest absolute Gasteiger partial charge is 0.454 e. The number of ether oxygens (including phenoxy) is 1. The molecule has 0 atom stereocenters. The maximum absolute atomic E-state index is 12.9. The van der Waals surface area contributed by atoms with Crippen molar-refractivity contribution in [1.82, 2.24) is 0 Å². The highest BCUT2D eigenvalue weighted by molar-refractivity contribution is 7.92. The Morgan fingerprint density at radius 2 is 1.59 bits per heavy atom. The van der Waals surface area contributed by atoms with Gasteiger partial charge in [0.15, 0.2) is 6.61 Å². The van der Waals surface area contributed by atoms with E-state index in [9.17, 15) is 28.1 Å². The van der Waals surface area contributed by atoms with Crippen molar-refractivity contribution in [2.45, 2.75) is 4.90 Å². The zero-order valence-corrected chi connectivity index (χ0v) is 17.7. The molecule has 0 unspecified atom stereocenters. The minimum Gasteiger partial charge on any atom is -0.454 e. The molecule has 10 heteroatoms. The third-order valence-electron chi connectivity index (χ3n) is 4.56. The van der Waals surface area contributed by atoms with Crippen molar-refractivity contribution in [1.29, 1.82) is 0 Å². The molecule has 0 bridgehead atoms. The number of nitro groups is 1. The average Bonchev–Trinajstić information content (AvgIpc) is 2.82. The predicted octanol–water partition coefficient (Wildman–Crippen LogP) is 3.46. The van der Waals surface area contributed by atoms with Crippen molar-refractivity contribution in [2.75, 3.05) is 18.0 Å². The van der Waals surface area contributed by atoms with Crippen LogP contribution in [-0.2, 0) is 14.8 Å². The van der Waals surface area contributed by atoms with Crippen molar-refractivity contribution in [3.63, 3.8) is 0 Å². The molecule has 0 aliphatic rings. The van der Waals surface area contributed by atoms with Gasteiger partial charge in [0.05, 0.1) is 21.1 Å². The van der Waals surface area contributed by atoms with Crippen LogP contribution in [0, 0.1) is 10.1 Å². The molecule has 0 heterocycles. The zero-order chi connectivity index (χ0) is 23.3. The van der Waals surface area contributed by atoms with Crippen molar-refractivity contribution in [3.8, 4) is 0 Å². The lowest BCUT2D eigenvalue weighted by molar-refractivity contribution is -0.384. The van der Waals surface area contributed by atoms with Crippen LogP contribution in [-0.4, -0.2) is 38.7 Å². The summed E-state index contributed by atoms with van der Waals surface area (Å²) in [5.41, 5.74) is 0.151. The predicted molar refractivity (Wildman–Crippen MR) is 116 cm³/mol. The summed E-state index contributed by atoms with van der Waals surface area (Å²) >= 11 is 0. The fraction of sp³-hybridized carbons (Fsp3) is 0.0909. The first-order valence-electron chi connectivity index (χ1n) is 9.29. The van der Waals surface area contributed by atoms with Crippen LogP contribution < -0.4 is 4.31 Å². The Morgan fingerprint density at radius 1 is 0.938 bits per heavy atom. The molecular weight excluding hydrogens is 436 g/mol. The first-order chi connectivity index (χ1) is 15.2. The topological polar surface area (TPSA) is 124 Å². The van der Waals surface area contributed by atoms with Crippen LogP contribution in [0.15, 0.2) is 83.8 Å². The summed E-state index contributed by atoms with van der Waals surface area (Å²) in [6.07, 6.45) is 0. The van der Waals surface area contributed by atoms with Crippen LogP contribution in [0.3, 0.4) is 0 Å². The average molecular weight is 454 g/mol. The normalized spacial score (nSPS) is 10.9. The van der Waals surface area contributed by atoms with Gasteiger partial charge in [0.25, 0.3) is 15.7 Å². The van der Waals surface area contributed by atoms with Gasteiger partial charge in [0.1, 0.15) is 0 Å². The van der Waals surface area contributed by atoms with E-state index >= 15 is 0 Å². The molecule has 3 rings (SSSR count). The van der Waals surface area contributed by atoms with Gasteiger partial charge in [-0.25, -0.2) is 13.2 Å². The smallest absolute Gasteiger partial charge is 0.338 e. The van der Waals surface area contributed by atoms with Gasteiger partial charge in [0.2, 0.25) is 5.78 Å². The fourth-order valence-corrected chi connectivity index (χ4v) is 4.05. The van der Waals surface area contributed by atoms with Gasteiger partial charge in [-0.15, -0.1) is 0 Å². The molecule has 0 radical (unpaired) electrons. The molecule has 32 heavy (non-hydrogen) atoms. The molecule has 0 amide bonds. The zero-order valence-electron chi connectivity index (χ0n) is 16.9. The molecule has 0 saturated heterocycles. The minimum atomic E-state index is -3.94. The van der Waals surface area contributed by atoms with Gasteiger partial charge in [-0.05, 0) is 30.3 Å². The number of carbonyl (C=O) groups is 2. The SMILES string of the molecule is CN(c1ccccc1)S(=O)(=O)c1cccc(C(=O)OCC(=O)c2cccc([N+](=O)[O-])c2)c1. The van der Waals surface area contributed by atoms with E-state index in [2.05, 4.69) is 0 Å². The van der Waals surface area contributed by atoms with Crippen LogP contribution in [0.5, 0.6) is 0 Å². The van der Waals surface area contributed by atoms with E-state index in [4.69, 9.17) is 4.74 Å². The summed E-state index contributed by atoms with van der Waals surface area (Å²) in [4.78, 5) is 34.7. The molecule has 0 aromatic heterocycles. The third-order valence-corrected chi connectivity index (χ3v) is 6.34. The van der Waals surface area contributed by atoms with Gasteiger partial charge >= 0.3 is 5.97 Å². The number of carbonyl (C=O) groups excluding carboxylic acids is 2. The molecule has 0 aliphatic heterocycles. The molecule has 0 spiro atoms. The van der Waals surface area contributed by atoms with Crippen LogP contribution in [0.2, 0.25) is 0 Å². The molecule has 3 aromatic carbocycles. The van der Waals surface area contributed by atoms with Gasteiger partial charge in [-0.1, -0.05) is 36.4 Å². The fourth-order valence-electron chi connectivity index (χ4n) is 2.81. The summed E-state index contributed by atoms with van der Waals surface area (Å²) in [6.45, 7) is -0.652. The number of nitro benzene ring substituents is 1. The lowest BCUT2D eigenvalue weighted by Crippen LogP contribution is -2.26. The first-order valence-corrected chi connectivity index (χ1v) is 10.7. The van der Waals surface area contributed by atoms with Crippen molar-refractivity contribution in [2.24, 2.45) is 0 Å². The molecule has 164 valence electrons. The number of esters is 1. The Kier molecular flexibility index (Phi) is 6.64. The number of ketones is 1. The summed E-state index contributed by atoms with van der Waals surface area (Å²) < 4.78 is 31.9. The van der Waals surface area contributed by atoms with Crippen molar-refractivity contribution >= 4 is 33.2 Å². The Balaban J connectivity index is 1.73. The number of sulfonamides is 1. The minimum absolute atomic E-state index is 0.0211. The van der Waals surface area contributed by atoms with E-state index in [-0.39, 0.29) is 21.7 Å². The number of non-ortho nitro benzene ring substituents is 1. The standard InChI is InChI=1S/C22H18N2O7S/c1-23(18-9-3-2-4-10-18)32(29,30)20-12-6-8-17(14-20)22(26)31-15-21(25)16-7-5-11-19(13-16)24(27)28/h2-14H,15H2,1H3. The van der Waals surface area contributed by atoms with Crippen LogP contribution in [0.25, 0.3) is 0 Å². The number of benzene rings is 3. The highest BCUT2D eigenvalue weighted by atomic mass is 32.2. The number of nitrogens with zero attached hydrogens (tertiary/aromatic N) is 2. The molecule has 9 nitrogen and oxygen atoms in total. The Hall–Kier alpha value is -4.05. The number of hydrogen-bond acceptors (Lipinski definition) is 7. The Bertz CT molecular complexity index is 1270. The van der Waals surface area contributed by atoms with Crippen LogP contribution in [0.1, 0.15) is 20.7 Å². The van der Waals surface area contributed by atoms with Crippen molar-refractivity contribution < 1.29 is 27.7 Å².